The van der Waals surface area contributed by atoms with Gasteiger partial charge in [0.25, 0.3) is 0 Å². The molecule has 2 aromatic rings. The Morgan fingerprint density at radius 3 is 2.94 bits per heavy atom. The molecule has 0 spiro atoms. The van der Waals surface area contributed by atoms with Crippen molar-refractivity contribution in [3.63, 3.8) is 0 Å². The molecule has 1 aliphatic heterocycles. The SMILES string of the molecule is COc1ccc(-c2cnn(C)c2)c2c1CC=N2. The standard InChI is InChI=1S/C13H13N3O/c1-16-8-9(7-15-16)10-3-4-12(17-2)11-5-6-14-13(10)11/h3-4,6-8H,5H2,1-2H3. The number of hydrogen-bond acceptors (Lipinski definition) is 3. The zero-order chi connectivity index (χ0) is 11.8. The van der Waals surface area contributed by atoms with E-state index in [0.29, 0.717) is 0 Å². The molecule has 0 aliphatic carbocycles. The summed E-state index contributed by atoms with van der Waals surface area (Å²) in [4.78, 5) is 4.45. The number of benzene rings is 1. The van der Waals surface area contributed by atoms with Gasteiger partial charge in [-0.15, -0.1) is 0 Å². The van der Waals surface area contributed by atoms with E-state index in [1.807, 2.05) is 37.8 Å². The molecule has 0 N–H and O–H groups in total. The van der Waals surface area contributed by atoms with Crippen molar-refractivity contribution < 1.29 is 4.74 Å². The Morgan fingerprint density at radius 2 is 2.24 bits per heavy atom. The average molecular weight is 227 g/mol. The van der Waals surface area contributed by atoms with E-state index in [2.05, 4.69) is 10.1 Å². The van der Waals surface area contributed by atoms with Gasteiger partial charge in [0.05, 0.1) is 19.0 Å². The van der Waals surface area contributed by atoms with E-state index in [0.717, 1.165) is 34.5 Å². The van der Waals surface area contributed by atoms with Gasteiger partial charge in [0, 0.05) is 42.6 Å². The summed E-state index contributed by atoms with van der Waals surface area (Å²) >= 11 is 0. The number of rotatable bonds is 2. The molecule has 0 saturated heterocycles. The van der Waals surface area contributed by atoms with E-state index in [4.69, 9.17) is 4.74 Å². The molecule has 0 atom stereocenters. The van der Waals surface area contributed by atoms with E-state index >= 15 is 0 Å². The highest BCUT2D eigenvalue weighted by molar-refractivity contribution is 5.88. The quantitative estimate of drug-likeness (QED) is 0.790. The number of nitrogens with zero attached hydrogens (tertiary/aromatic N) is 3. The van der Waals surface area contributed by atoms with Crippen LogP contribution in [0.4, 0.5) is 5.69 Å². The fraction of sp³-hybridized carbons (Fsp3) is 0.231. The Bertz CT molecular complexity index is 599. The summed E-state index contributed by atoms with van der Waals surface area (Å²) in [7, 11) is 3.61. The number of hydrogen-bond donors (Lipinski definition) is 0. The average Bonchev–Trinajstić information content (AvgIpc) is 2.96. The summed E-state index contributed by atoms with van der Waals surface area (Å²) in [6.45, 7) is 0. The first-order valence-electron chi connectivity index (χ1n) is 5.51. The van der Waals surface area contributed by atoms with Gasteiger partial charge in [-0.2, -0.15) is 5.10 Å². The maximum absolute atomic E-state index is 5.35. The molecule has 0 radical (unpaired) electrons. The number of ether oxygens (including phenoxy) is 1. The largest absolute Gasteiger partial charge is 0.496 e. The predicted octanol–water partition coefficient (Wildman–Crippen LogP) is 2.35. The van der Waals surface area contributed by atoms with Crippen molar-refractivity contribution in [2.24, 2.45) is 12.0 Å². The minimum Gasteiger partial charge on any atom is -0.496 e. The van der Waals surface area contributed by atoms with Crippen LogP contribution >= 0.6 is 0 Å². The third kappa shape index (κ3) is 1.53. The Balaban J connectivity index is 2.19. The van der Waals surface area contributed by atoms with Gasteiger partial charge < -0.3 is 4.74 Å². The molecule has 0 unspecified atom stereocenters. The van der Waals surface area contributed by atoms with E-state index in [-0.39, 0.29) is 0 Å². The lowest BCUT2D eigenvalue weighted by molar-refractivity contribution is 0.411. The van der Waals surface area contributed by atoms with Crippen molar-refractivity contribution in [3.05, 3.63) is 30.1 Å². The molecule has 0 fully saturated rings. The van der Waals surface area contributed by atoms with Crippen molar-refractivity contribution in [1.82, 2.24) is 9.78 Å². The lowest BCUT2D eigenvalue weighted by atomic mass is 10.0. The van der Waals surface area contributed by atoms with Crippen LogP contribution in [0.1, 0.15) is 5.56 Å². The van der Waals surface area contributed by atoms with Crippen LogP contribution in [0.25, 0.3) is 11.1 Å². The number of methoxy groups -OCH3 is 1. The van der Waals surface area contributed by atoms with Crippen molar-refractivity contribution in [1.29, 1.82) is 0 Å². The molecular formula is C13H13N3O. The van der Waals surface area contributed by atoms with Crippen LogP contribution in [-0.2, 0) is 13.5 Å². The van der Waals surface area contributed by atoms with Gasteiger partial charge in [-0.25, -0.2) is 0 Å². The molecule has 17 heavy (non-hydrogen) atoms. The first kappa shape index (κ1) is 10.1. The van der Waals surface area contributed by atoms with Crippen LogP contribution in [0.3, 0.4) is 0 Å². The first-order valence-corrected chi connectivity index (χ1v) is 5.51. The van der Waals surface area contributed by atoms with Crippen molar-refractivity contribution in [2.45, 2.75) is 6.42 Å². The second kappa shape index (κ2) is 3.73. The van der Waals surface area contributed by atoms with Crippen LogP contribution in [0.15, 0.2) is 29.5 Å². The van der Waals surface area contributed by atoms with Gasteiger partial charge in [-0.05, 0) is 12.1 Å². The molecule has 4 nitrogen and oxygen atoms in total. The summed E-state index contributed by atoms with van der Waals surface area (Å²) in [5, 5.41) is 4.19. The normalized spacial score (nSPS) is 12.8. The fourth-order valence-corrected chi connectivity index (χ4v) is 2.18. The van der Waals surface area contributed by atoms with E-state index < -0.39 is 0 Å². The smallest absolute Gasteiger partial charge is 0.124 e. The minimum absolute atomic E-state index is 0.840. The maximum Gasteiger partial charge on any atom is 0.124 e. The highest BCUT2D eigenvalue weighted by atomic mass is 16.5. The summed E-state index contributed by atoms with van der Waals surface area (Å²) in [5.74, 6) is 0.908. The molecular weight excluding hydrogens is 214 g/mol. The minimum atomic E-state index is 0.840. The Hall–Kier alpha value is -2.10. The molecule has 86 valence electrons. The van der Waals surface area contributed by atoms with Crippen molar-refractivity contribution in [3.8, 4) is 16.9 Å². The van der Waals surface area contributed by atoms with Crippen LogP contribution in [0, 0.1) is 0 Å². The zero-order valence-electron chi connectivity index (χ0n) is 9.84. The van der Waals surface area contributed by atoms with Crippen LogP contribution < -0.4 is 4.74 Å². The summed E-state index contributed by atoms with van der Waals surface area (Å²) in [6.07, 6.45) is 6.62. The molecule has 2 heterocycles. The molecule has 0 bridgehead atoms. The highest BCUT2D eigenvalue weighted by Gasteiger charge is 2.18. The Kier molecular flexibility index (Phi) is 2.21. The van der Waals surface area contributed by atoms with Gasteiger partial charge in [0.1, 0.15) is 5.75 Å². The molecule has 1 aromatic heterocycles. The van der Waals surface area contributed by atoms with Gasteiger partial charge in [-0.3, -0.25) is 9.67 Å². The number of aromatic nitrogens is 2. The molecule has 3 rings (SSSR count). The van der Waals surface area contributed by atoms with Gasteiger partial charge in [0.15, 0.2) is 0 Å². The van der Waals surface area contributed by atoms with Crippen LogP contribution in [0.2, 0.25) is 0 Å². The maximum atomic E-state index is 5.35. The molecule has 0 saturated carbocycles. The lowest BCUT2D eigenvalue weighted by Crippen LogP contribution is -1.90. The first-order chi connectivity index (χ1) is 8.29. The molecule has 0 amide bonds. The third-order valence-electron chi connectivity index (χ3n) is 2.99. The predicted molar refractivity (Wildman–Crippen MR) is 67.1 cm³/mol. The van der Waals surface area contributed by atoms with Crippen molar-refractivity contribution >= 4 is 11.9 Å². The zero-order valence-corrected chi connectivity index (χ0v) is 9.84. The monoisotopic (exact) mass is 227 g/mol. The second-order valence-electron chi connectivity index (χ2n) is 4.06. The van der Waals surface area contributed by atoms with Gasteiger partial charge >= 0.3 is 0 Å². The van der Waals surface area contributed by atoms with Crippen LogP contribution in [0.5, 0.6) is 5.75 Å². The van der Waals surface area contributed by atoms with Gasteiger partial charge in [-0.1, -0.05) is 0 Å². The molecule has 4 heteroatoms. The van der Waals surface area contributed by atoms with Crippen molar-refractivity contribution in [2.75, 3.05) is 7.11 Å². The molecule has 1 aromatic carbocycles. The second-order valence-corrected chi connectivity index (χ2v) is 4.06. The van der Waals surface area contributed by atoms with E-state index in [1.165, 1.54) is 0 Å². The number of aliphatic imine (C=N–C) groups is 1. The summed E-state index contributed by atoms with van der Waals surface area (Å²) in [6, 6.07) is 4.03. The summed E-state index contributed by atoms with van der Waals surface area (Å²) in [5.41, 5.74) is 4.37. The number of aryl methyl sites for hydroxylation is 1. The van der Waals surface area contributed by atoms with Gasteiger partial charge in [0.2, 0.25) is 0 Å². The van der Waals surface area contributed by atoms with E-state index in [9.17, 15) is 0 Å². The fourth-order valence-electron chi connectivity index (χ4n) is 2.18. The van der Waals surface area contributed by atoms with Crippen LogP contribution in [-0.4, -0.2) is 23.1 Å². The van der Waals surface area contributed by atoms with E-state index in [1.54, 1.807) is 11.8 Å². The summed E-state index contributed by atoms with van der Waals surface area (Å²) < 4.78 is 7.15. The Morgan fingerprint density at radius 1 is 1.35 bits per heavy atom. The number of fused-ring (bicyclic) bond motifs is 1. The highest BCUT2D eigenvalue weighted by Crippen LogP contribution is 2.40. The molecule has 1 aliphatic rings. The topological polar surface area (TPSA) is 39.4 Å². The third-order valence-corrected chi connectivity index (χ3v) is 2.99. The Labute approximate surface area is 99.6 Å². The lowest BCUT2D eigenvalue weighted by Gasteiger charge is -2.09.